The van der Waals surface area contributed by atoms with E-state index >= 15 is 0 Å². The van der Waals surface area contributed by atoms with Gasteiger partial charge in [-0.25, -0.2) is 4.98 Å². The molecule has 0 aliphatic carbocycles. The van der Waals surface area contributed by atoms with Gasteiger partial charge in [0.15, 0.2) is 11.6 Å². The molecule has 0 amide bonds. The third-order valence-corrected chi connectivity index (χ3v) is 6.05. The van der Waals surface area contributed by atoms with E-state index in [0.29, 0.717) is 16.5 Å². The number of hydrogen-bond acceptors (Lipinski definition) is 4. The van der Waals surface area contributed by atoms with Crippen LogP contribution in [0.5, 0.6) is 0 Å². The molecule has 30 heavy (non-hydrogen) atoms. The van der Waals surface area contributed by atoms with E-state index in [4.69, 9.17) is 0 Å². The van der Waals surface area contributed by atoms with Gasteiger partial charge < -0.3 is 4.98 Å². The minimum absolute atomic E-state index is 0.0229. The lowest BCUT2D eigenvalue weighted by atomic mass is 10.0. The van der Waals surface area contributed by atoms with Crippen molar-refractivity contribution in [2.45, 2.75) is 10.4 Å². The molecule has 2 aromatic heterocycles. The summed E-state index contributed by atoms with van der Waals surface area (Å²) in [6.07, 6.45) is 1.79. The van der Waals surface area contributed by atoms with Crippen LogP contribution in [-0.4, -0.2) is 25.9 Å². The van der Waals surface area contributed by atoms with Gasteiger partial charge in [0, 0.05) is 28.2 Å². The minimum atomic E-state index is -0.454. The number of benzene rings is 3. The summed E-state index contributed by atoms with van der Waals surface area (Å²) in [5.74, 6) is 0.708. The average molecular weight is 411 g/mol. The Balaban J connectivity index is 1.50. The molecule has 146 valence electrons. The van der Waals surface area contributed by atoms with Crippen LogP contribution < -0.4 is 0 Å². The molecule has 0 bridgehead atoms. The predicted octanol–water partition coefficient (Wildman–Crippen LogP) is 5.67. The standard InChI is InChI=1S/C24H18N4OS/c29-21(19-15-25-20-14-8-7-13-18(19)20)22(16-9-3-1-4-10-16)30-24-26-23(27-28-24)17-11-5-2-6-12-17/h1-15,22,25H,(H,26,27,28)/t22-/m0/s1. The van der Waals surface area contributed by atoms with Crippen molar-refractivity contribution >= 4 is 28.4 Å². The number of nitrogens with one attached hydrogen (secondary N) is 2. The summed E-state index contributed by atoms with van der Waals surface area (Å²) >= 11 is 1.36. The molecule has 0 saturated heterocycles. The number of aromatic nitrogens is 4. The third-order valence-electron chi connectivity index (χ3n) is 4.93. The zero-order chi connectivity index (χ0) is 20.3. The van der Waals surface area contributed by atoms with E-state index in [1.165, 1.54) is 11.8 Å². The molecular weight excluding hydrogens is 392 g/mol. The van der Waals surface area contributed by atoms with Crippen LogP contribution in [0.15, 0.2) is 96.3 Å². The van der Waals surface area contributed by atoms with E-state index in [1.54, 1.807) is 6.20 Å². The molecule has 0 radical (unpaired) electrons. The number of Topliss-reactive ketones (excluding diaryl/α,β-unsaturated/α-hetero) is 1. The Morgan fingerprint density at radius 1 is 0.867 bits per heavy atom. The fourth-order valence-electron chi connectivity index (χ4n) is 3.45. The van der Waals surface area contributed by atoms with E-state index < -0.39 is 5.25 Å². The van der Waals surface area contributed by atoms with Crippen LogP contribution in [0.1, 0.15) is 21.2 Å². The molecule has 6 heteroatoms. The third kappa shape index (κ3) is 3.53. The molecule has 0 aliphatic heterocycles. The van der Waals surface area contributed by atoms with Crippen LogP contribution in [0, 0.1) is 0 Å². The number of fused-ring (bicyclic) bond motifs is 1. The highest BCUT2D eigenvalue weighted by molar-refractivity contribution is 8.00. The number of carbonyl (C=O) groups excluding carboxylic acids is 1. The van der Waals surface area contributed by atoms with Gasteiger partial charge in [-0.15, -0.1) is 5.10 Å². The maximum atomic E-state index is 13.6. The highest BCUT2D eigenvalue weighted by atomic mass is 32.2. The average Bonchev–Trinajstić information content (AvgIpc) is 3.45. The van der Waals surface area contributed by atoms with Gasteiger partial charge in [-0.05, 0) is 11.6 Å². The van der Waals surface area contributed by atoms with Crippen LogP contribution in [-0.2, 0) is 0 Å². The van der Waals surface area contributed by atoms with Crippen LogP contribution >= 0.6 is 11.8 Å². The summed E-state index contributed by atoms with van der Waals surface area (Å²) in [6, 6.07) is 27.4. The number of ketones is 1. The smallest absolute Gasteiger partial charge is 0.209 e. The molecule has 0 aliphatic rings. The first-order valence-corrected chi connectivity index (χ1v) is 10.5. The van der Waals surface area contributed by atoms with Crippen LogP contribution in [0.25, 0.3) is 22.3 Å². The van der Waals surface area contributed by atoms with E-state index in [-0.39, 0.29) is 5.78 Å². The maximum absolute atomic E-state index is 13.6. The number of nitrogens with zero attached hydrogens (tertiary/aromatic N) is 2. The molecule has 2 N–H and O–H groups in total. The zero-order valence-electron chi connectivity index (χ0n) is 15.9. The second-order valence-electron chi connectivity index (χ2n) is 6.85. The molecule has 5 aromatic rings. The number of H-pyrrole nitrogens is 2. The second-order valence-corrected chi connectivity index (χ2v) is 7.93. The second kappa shape index (κ2) is 8.00. The monoisotopic (exact) mass is 410 g/mol. The maximum Gasteiger partial charge on any atom is 0.209 e. The van der Waals surface area contributed by atoms with Crippen molar-refractivity contribution in [1.29, 1.82) is 0 Å². The molecule has 5 nitrogen and oxygen atoms in total. The van der Waals surface area contributed by atoms with E-state index in [9.17, 15) is 4.79 Å². The molecule has 3 aromatic carbocycles. The predicted molar refractivity (Wildman–Crippen MR) is 119 cm³/mol. The van der Waals surface area contributed by atoms with E-state index in [1.807, 2.05) is 84.9 Å². The van der Waals surface area contributed by atoms with Crippen LogP contribution in [0.4, 0.5) is 0 Å². The van der Waals surface area contributed by atoms with Gasteiger partial charge in [0.2, 0.25) is 5.16 Å². The van der Waals surface area contributed by atoms with Gasteiger partial charge in [0.25, 0.3) is 0 Å². The number of rotatable bonds is 6. The summed E-state index contributed by atoms with van der Waals surface area (Å²) in [5, 5.41) is 8.34. The first-order valence-electron chi connectivity index (χ1n) is 9.59. The van der Waals surface area contributed by atoms with Gasteiger partial charge in [-0.1, -0.05) is 90.6 Å². The molecule has 2 heterocycles. The largest absolute Gasteiger partial charge is 0.360 e. The Morgan fingerprint density at radius 3 is 2.37 bits per heavy atom. The lowest BCUT2D eigenvalue weighted by Crippen LogP contribution is -2.10. The highest BCUT2D eigenvalue weighted by Gasteiger charge is 2.27. The molecule has 5 rings (SSSR count). The Kier molecular flexibility index (Phi) is 4.91. The van der Waals surface area contributed by atoms with Gasteiger partial charge in [0.1, 0.15) is 5.25 Å². The van der Waals surface area contributed by atoms with Crippen molar-refractivity contribution in [2.24, 2.45) is 0 Å². The van der Waals surface area contributed by atoms with Crippen LogP contribution in [0.2, 0.25) is 0 Å². The Bertz CT molecular complexity index is 1290. The van der Waals surface area contributed by atoms with Crippen molar-refractivity contribution in [1.82, 2.24) is 20.2 Å². The summed E-state index contributed by atoms with van der Waals surface area (Å²) < 4.78 is 0. The van der Waals surface area contributed by atoms with Crippen molar-refractivity contribution in [3.63, 3.8) is 0 Å². The van der Waals surface area contributed by atoms with Crippen molar-refractivity contribution in [2.75, 3.05) is 0 Å². The molecule has 0 unspecified atom stereocenters. The van der Waals surface area contributed by atoms with Crippen LogP contribution in [0.3, 0.4) is 0 Å². The van der Waals surface area contributed by atoms with Gasteiger partial charge in [-0.2, -0.15) is 0 Å². The lowest BCUT2D eigenvalue weighted by Gasteiger charge is -2.14. The first-order chi connectivity index (χ1) is 14.8. The zero-order valence-corrected chi connectivity index (χ0v) is 16.8. The van der Waals surface area contributed by atoms with Crippen molar-refractivity contribution in [3.8, 4) is 11.4 Å². The number of aromatic amines is 2. The number of hydrogen-bond donors (Lipinski definition) is 2. The quantitative estimate of drug-likeness (QED) is 0.279. The molecule has 0 spiro atoms. The number of thioether (sulfide) groups is 1. The number of para-hydroxylation sites is 1. The van der Waals surface area contributed by atoms with Crippen molar-refractivity contribution < 1.29 is 4.79 Å². The highest BCUT2D eigenvalue weighted by Crippen LogP contribution is 2.38. The van der Waals surface area contributed by atoms with Gasteiger partial charge >= 0.3 is 0 Å². The normalized spacial score (nSPS) is 12.1. The number of carbonyl (C=O) groups is 1. The van der Waals surface area contributed by atoms with Gasteiger partial charge in [0.05, 0.1) is 0 Å². The topological polar surface area (TPSA) is 74.4 Å². The summed E-state index contributed by atoms with van der Waals surface area (Å²) in [7, 11) is 0. The Hall–Kier alpha value is -3.64. The van der Waals surface area contributed by atoms with Crippen molar-refractivity contribution in [3.05, 3.63) is 102 Å². The summed E-state index contributed by atoms with van der Waals surface area (Å²) in [4.78, 5) is 21.4. The first kappa shape index (κ1) is 18.4. The fraction of sp³-hybridized carbons (Fsp3) is 0.0417. The molecule has 0 saturated carbocycles. The molecule has 0 fully saturated rings. The summed E-state index contributed by atoms with van der Waals surface area (Å²) in [5.41, 5.74) is 3.49. The van der Waals surface area contributed by atoms with E-state index in [0.717, 1.165) is 22.0 Å². The molecule has 1 atom stereocenters. The Labute approximate surface area is 177 Å². The van der Waals surface area contributed by atoms with E-state index in [2.05, 4.69) is 20.2 Å². The Morgan fingerprint density at radius 2 is 1.57 bits per heavy atom. The SMILES string of the molecule is O=C(c1c[nH]c2ccccc12)[C@@H](Sc1n[nH]c(-c2ccccc2)n1)c1ccccc1. The lowest BCUT2D eigenvalue weighted by molar-refractivity contribution is 0.0991. The fourth-order valence-corrected chi connectivity index (χ4v) is 4.43. The van der Waals surface area contributed by atoms with Gasteiger partial charge in [-0.3, -0.25) is 9.89 Å². The summed E-state index contributed by atoms with van der Waals surface area (Å²) in [6.45, 7) is 0. The molecular formula is C24H18N4OS. The minimum Gasteiger partial charge on any atom is -0.360 e.